The number of hydrogen-bond donors (Lipinski definition) is 6. The summed E-state index contributed by atoms with van der Waals surface area (Å²) in [5.41, 5.74) is 6.10. The quantitative estimate of drug-likeness (QED) is 0.0543. The van der Waals surface area contributed by atoms with Crippen molar-refractivity contribution >= 4 is 47.3 Å². The summed E-state index contributed by atoms with van der Waals surface area (Å²) >= 11 is 0. The normalized spacial score (nSPS) is 17.6. The molecule has 0 radical (unpaired) electrons. The van der Waals surface area contributed by atoms with Crippen molar-refractivity contribution in [2.24, 2.45) is 11.7 Å². The molecular formula is C33H45N7O9. The summed E-state index contributed by atoms with van der Waals surface area (Å²) in [6.45, 7) is -0.943. The van der Waals surface area contributed by atoms with Crippen LogP contribution >= 0.6 is 0 Å². The van der Waals surface area contributed by atoms with Gasteiger partial charge in [-0.25, -0.2) is 0 Å². The van der Waals surface area contributed by atoms with Crippen molar-refractivity contribution < 1.29 is 43.1 Å². The molecule has 0 bridgehead atoms. The van der Waals surface area contributed by atoms with Gasteiger partial charge in [0.25, 0.3) is 11.8 Å². The van der Waals surface area contributed by atoms with Crippen LogP contribution in [0.3, 0.4) is 0 Å². The van der Waals surface area contributed by atoms with Gasteiger partial charge >= 0.3 is 0 Å². The van der Waals surface area contributed by atoms with Crippen molar-refractivity contribution in [3.8, 4) is 0 Å². The molecule has 1 atom stereocenters. The number of nitrogens with zero attached hydrogens (tertiary/aromatic N) is 1. The second-order valence-corrected chi connectivity index (χ2v) is 11.8. The fourth-order valence-electron chi connectivity index (χ4n) is 5.30. The highest BCUT2D eigenvalue weighted by molar-refractivity contribution is 6.12. The Labute approximate surface area is 284 Å². The molecule has 16 heteroatoms. The van der Waals surface area contributed by atoms with Crippen molar-refractivity contribution in [2.45, 2.75) is 69.9 Å². The predicted molar refractivity (Wildman–Crippen MR) is 174 cm³/mol. The van der Waals surface area contributed by atoms with E-state index in [4.69, 9.17) is 10.5 Å². The number of carbonyl (C=O) groups is 8. The minimum atomic E-state index is -1.05. The molecule has 2 aliphatic rings. The van der Waals surface area contributed by atoms with E-state index in [-0.39, 0.29) is 74.9 Å². The molecule has 49 heavy (non-hydrogen) atoms. The second-order valence-electron chi connectivity index (χ2n) is 11.8. The number of rotatable bonds is 20. The Kier molecular flexibility index (Phi) is 15.9. The van der Waals surface area contributed by atoms with Crippen LogP contribution in [-0.4, -0.2) is 97.2 Å². The van der Waals surface area contributed by atoms with Crippen LogP contribution in [0.15, 0.2) is 42.5 Å². The highest BCUT2D eigenvalue weighted by atomic mass is 16.5. The number of benzene rings is 1. The maximum atomic E-state index is 13.0. The van der Waals surface area contributed by atoms with Gasteiger partial charge in [0, 0.05) is 37.5 Å². The first-order valence-electron chi connectivity index (χ1n) is 16.4. The third kappa shape index (κ3) is 14.3. The zero-order valence-electron chi connectivity index (χ0n) is 27.4. The summed E-state index contributed by atoms with van der Waals surface area (Å²) in [5, 5.41) is 12.5. The number of amides is 8. The topological polar surface area (TPSA) is 235 Å². The molecule has 1 fully saturated rings. The summed E-state index contributed by atoms with van der Waals surface area (Å²) in [4.78, 5) is 97.8. The fourth-order valence-corrected chi connectivity index (χ4v) is 5.30. The lowest BCUT2D eigenvalue weighted by Crippen LogP contribution is -2.52. The third-order valence-electron chi connectivity index (χ3n) is 8.10. The van der Waals surface area contributed by atoms with Gasteiger partial charge in [0.1, 0.15) is 12.8 Å². The minimum Gasteiger partial charge on any atom is -0.369 e. The van der Waals surface area contributed by atoms with E-state index in [9.17, 15) is 38.4 Å². The molecule has 7 N–H and O–H groups in total. The van der Waals surface area contributed by atoms with Crippen LogP contribution in [0.25, 0.3) is 0 Å². The molecule has 1 aliphatic heterocycles. The molecule has 0 aromatic heterocycles. The van der Waals surface area contributed by atoms with E-state index in [2.05, 4.69) is 26.6 Å². The van der Waals surface area contributed by atoms with E-state index < -0.39 is 36.2 Å². The number of hydrogen-bond acceptors (Lipinski definition) is 9. The first kappa shape index (κ1) is 38.3. The molecule has 1 aliphatic carbocycles. The van der Waals surface area contributed by atoms with E-state index in [0.717, 1.165) is 10.5 Å². The molecular weight excluding hydrogens is 638 g/mol. The molecule has 0 saturated heterocycles. The van der Waals surface area contributed by atoms with Crippen molar-refractivity contribution in [1.29, 1.82) is 0 Å². The van der Waals surface area contributed by atoms with Crippen LogP contribution < -0.4 is 32.3 Å². The molecule has 1 heterocycles. The average molecular weight is 684 g/mol. The lowest BCUT2D eigenvalue weighted by atomic mass is 9.87. The molecule has 1 saturated carbocycles. The number of imide groups is 1. The predicted octanol–water partition coefficient (Wildman–Crippen LogP) is -1.32. The Balaban J connectivity index is 1.33. The number of ether oxygens (including phenoxy) is 1. The highest BCUT2D eigenvalue weighted by Crippen LogP contribution is 2.25. The number of carbonyl (C=O) groups excluding carboxylic acids is 8. The van der Waals surface area contributed by atoms with Gasteiger partial charge in [-0.15, -0.1) is 0 Å². The van der Waals surface area contributed by atoms with Crippen molar-refractivity contribution in [1.82, 2.24) is 31.5 Å². The fraction of sp³-hybridized carbons (Fsp3) is 0.515. The first-order valence-corrected chi connectivity index (χ1v) is 16.4. The summed E-state index contributed by atoms with van der Waals surface area (Å²) in [7, 11) is 0. The molecule has 1 aromatic rings. The first-order chi connectivity index (χ1) is 23.5. The second kappa shape index (κ2) is 20.3. The zero-order valence-corrected chi connectivity index (χ0v) is 27.4. The maximum absolute atomic E-state index is 13.0. The van der Waals surface area contributed by atoms with E-state index in [1.165, 1.54) is 12.2 Å². The Morgan fingerprint density at radius 3 is 2.04 bits per heavy atom. The van der Waals surface area contributed by atoms with Crippen molar-refractivity contribution in [3.63, 3.8) is 0 Å². The third-order valence-corrected chi connectivity index (χ3v) is 8.10. The van der Waals surface area contributed by atoms with Crippen LogP contribution in [-0.2, 0) is 49.5 Å². The maximum Gasteiger partial charge on any atom is 0.253 e. The molecule has 1 aromatic carbocycles. The summed E-state index contributed by atoms with van der Waals surface area (Å²) in [6, 6.07) is 7.89. The van der Waals surface area contributed by atoms with Crippen LogP contribution in [0.4, 0.5) is 0 Å². The van der Waals surface area contributed by atoms with Crippen LogP contribution in [0.1, 0.15) is 56.9 Å². The van der Waals surface area contributed by atoms with Gasteiger partial charge in [-0.2, -0.15) is 0 Å². The lowest BCUT2D eigenvalue weighted by molar-refractivity contribution is -0.137. The zero-order chi connectivity index (χ0) is 35.6. The standard InChI is InChI=1S/C33H45N7O9/c34-32(47)23-10-12-24(13-11-23)49-21-38-28(43)19-37-33(48)25(17-22-7-3-1-4-8-22)39-29(44)20-36-27(42)18-35-26(41)9-5-2-6-16-40-30(45)14-15-31(40)46/h1,3-4,7-8,14-15,23-25H,2,5-6,9-13,16-21H2,(H2,34,47)(H,35,41)(H,36,42)(H,37,48)(H,38,43)(H,39,44)/t23?,24?,25-/m0/s1. The van der Waals surface area contributed by atoms with Gasteiger partial charge in [0.2, 0.25) is 35.4 Å². The molecule has 3 rings (SSSR count). The van der Waals surface area contributed by atoms with Gasteiger partial charge in [-0.3, -0.25) is 43.3 Å². The van der Waals surface area contributed by atoms with Gasteiger partial charge in [-0.05, 0) is 44.1 Å². The van der Waals surface area contributed by atoms with Gasteiger partial charge in [-0.1, -0.05) is 36.8 Å². The Bertz CT molecular complexity index is 1360. The molecule has 8 amide bonds. The Morgan fingerprint density at radius 1 is 0.755 bits per heavy atom. The molecule has 266 valence electrons. The lowest BCUT2D eigenvalue weighted by Gasteiger charge is -2.26. The average Bonchev–Trinajstić information content (AvgIpc) is 3.41. The van der Waals surface area contributed by atoms with Crippen LogP contribution in [0.2, 0.25) is 0 Å². The van der Waals surface area contributed by atoms with E-state index >= 15 is 0 Å². The number of unbranched alkanes of at least 4 members (excludes halogenated alkanes) is 2. The van der Waals surface area contributed by atoms with Crippen LogP contribution in [0, 0.1) is 5.92 Å². The minimum absolute atomic E-state index is 0.0613. The molecule has 16 nitrogen and oxygen atoms in total. The van der Waals surface area contributed by atoms with Crippen molar-refractivity contribution in [2.75, 3.05) is 32.9 Å². The number of nitrogens with one attached hydrogen (secondary N) is 5. The number of primary amides is 1. The smallest absolute Gasteiger partial charge is 0.253 e. The highest BCUT2D eigenvalue weighted by Gasteiger charge is 2.26. The monoisotopic (exact) mass is 683 g/mol. The van der Waals surface area contributed by atoms with Gasteiger partial charge < -0.3 is 37.1 Å². The van der Waals surface area contributed by atoms with E-state index in [1.807, 2.05) is 0 Å². The largest absolute Gasteiger partial charge is 0.369 e. The van der Waals surface area contributed by atoms with Crippen LogP contribution in [0.5, 0.6) is 0 Å². The summed E-state index contributed by atoms with van der Waals surface area (Å²) in [5.74, 6) is -3.88. The summed E-state index contributed by atoms with van der Waals surface area (Å²) in [6.07, 6.45) is 6.85. The van der Waals surface area contributed by atoms with E-state index in [0.29, 0.717) is 44.9 Å². The number of nitrogens with two attached hydrogens (primary N) is 1. The molecule has 0 spiro atoms. The SMILES string of the molecule is NC(=O)C1CCC(OCNC(=O)CNC(=O)[C@H](Cc2ccccc2)NC(=O)CNC(=O)CNC(=O)CCCCCN2C(=O)C=CC2=O)CC1. The summed E-state index contributed by atoms with van der Waals surface area (Å²) < 4.78 is 5.66. The molecule has 0 unspecified atom stereocenters. The Hall–Kier alpha value is -5.12. The Morgan fingerprint density at radius 2 is 1.37 bits per heavy atom. The van der Waals surface area contributed by atoms with E-state index in [1.54, 1.807) is 30.3 Å². The van der Waals surface area contributed by atoms with Crippen molar-refractivity contribution in [3.05, 3.63) is 48.0 Å². The van der Waals surface area contributed by atoms with Gasteiger partial charge in [0.05, 0.1) is 25.7 Å². The van der Waals surface area contributed by atoms with Gasteiger partial charge in [0.15, 0.2) is 0 Å².